The van der Waals surface area contributed by atoms with E-state index in [2.05, 4.69) is 4.90 Å². The molecular formula is C32H38FNO5. The minimum Gasteiger partial charge on any atom is -0.478 e. The molecule has 208 valence electrons. The van der Waals surface area contributed by atoms with Gasteiger partial charge in [-0.2, -0.15) is 0 Å². The van der Waals surface area contributed by atoms with E-state index in [-0.39, 0.29) is 36.2 Å². The maximum Gasteiger partial charge on any atom is 0.335 e. The molecule has 0 aliphatic carbocycles. The van der Waals surface area contributed by atoms with Gasteiger partial charge in [0.1, 0.15) is 5.82 Å². The molecule has 0 bridgehead atoms. The molecule has 1 aliphatic heterocycles. The summed E-state index contributed by atoms with van der Waals surface area (Å²) < 4.78 is 25.9. The summed E-state index contributed by atoms with van der Waals surface area (Å²) in [6, 6.07) is 18.7. The fourth-order valence-electron chi connectivity index (χ4n) is 5.43. The average Bonchev–Trinajstić information content (AvgIpc) is 3.30. The van der Waals surface area contributed by atoms with Crippen molar-refractivity contribution in [2.24, 2.45) is 0 Å². The summed E-state index contributed by atoms with van der Waals surface area (Å²) in [6.07, 6.45) is 0.592. The van der Waals surface area contributed by atoms with Gasteiger partial charge in [-0.1, -0.05) is 48.5 Å². The molecule has 3 aromatic rings. The third-order valence-corrected chi connectivity index (χ3v) is 7.68. The number of rotatable bonds is 11. The fraction of sp³-hybridized carbons (Fsp3) is 0.406. The lowest BCUT2D eigenvalue weighted by Crippen LogP contribution is -2.39. The van der Waals surface area contributed by atoms with Crippen molar-refractivity contribution in [3.05, 3.63) is 94.3 Å². The van der Waals surface area contributed by atoms with Crippen molar-refractivity contribution < 1.29 is 28.9 Å². The lowest BCUT2D eigenvalue weighted by Gasteiger charge is -2.27. The molecule has 2 N–H and O–H groups in total. The molecule has 1 heterocycles. The molecule has 4 rings (SSSR count). The van der Waals surface area contributed by atoms with Crippen LogP contribution in [0.15, 0.2) is 60.7 Å². The number of halogens is 1. The predicted octanol–water partition coefficient (Wildman–Crippen LogP) is 5.58. The number of hydrogen-bond acceptors (Lipinski definition) is 5. The summed E-state index contributed by atoms with van der Waals surface area (Å²) in [4.78, 5) is 13.6. The Morgan fingerprint density at radius 2 is 1.87 bits per heavy atom. The normalized spacial score (nSPS) is 19.2. The van der Waals surface area contributed by atoms with Gasteiger partial charge in [0.15, 0.2) is 0 Å². The number of likely N-dealkylation sites (tertiary alicyclic amines) is 1. The number of benzene rings is 3. The van der Waals surface area contributed by atoms with Crippen LogP contribution in [0.1, 0.15) is 52.1 Å². The van der Waals surface area contributed by atoms with E-state index in [0.29, 0.717) is 30.6 Å². The maximum atomic E-state index is 14.1. The molecule has 1 saturated heterocycles. The summed E-state index contributed by atoms with van der Waals surface area (Å²) in [5.41, 5.74) is 5.40. The molecule has 39 heavy (non-hydrogen) atoms. The van der Waals surface area contributed by atoms with Gasteiger partial charge in [0, 0.05) is 26.2 Å². The van der Waals surface area contributed by atoms with Crippen LogP contribution >= 0.6 is 0 Å². The molecule has 0 spiro atoms. The lowest BCUT2D eigenvalue weighted by atomic mass is 9.94. The number of hydrogen-bond donors (Lipinski definition) is 2. The van der Waals surface area contributed by atoms with Crippen LogP contribution in [0, 0.1) is 19.7 Å². The summed E-state index contributed by atoms with van der Waals surface area (Å²) >= 11 is 0. The first-order chi connectivity index (χ1) is 18.7. The van der Waals surface area contributed by atoms with Crippen LogP contribution in [-0.2, 0) is 15.9 Å². The number of methoxy groups -OCH3 is 1. The van der Waals surface area contributed by atoms with E-state index in [1.807, 2.05) is 55.5 Å². The first kappa shape index (κ1) is 28.9. The van der Waals surface area contributed by atoms with E-state index in [1.165, 1.54) is 0 Å². The smallest absolute Gasteiger partial charge is 0.335 e. The van der Waals surface area contributed by atoms with Crippen LogP contribution in [0.5, 0.6) is 0 Å². The highest BCUT2D eigenvalue weighted by Gasteiger charge is 2.33. The van der Waals surface area contributed by atoms with Crippen molar-refractivity contribution >= 4 is 5.97 Å². The van der Waals surface area contributed by atoms with E-state index in [0.717, 1.165) is 28.7 Å². The van der Waals surface area contributed by atoms with Gasteiger partial charge in [0.2, 0.25) is 0 Å². The van der Waals surface area contributed by atoms with Gasteiger partial charge in [-0.05, 0) is 79.1 Å². The highest BCUT2D eigenvalue weighted by molar-refractivity contribution is 5.90. The first-order valence-corrected chi connectivity index (χ1v) is 13.4. The second-order valence-corrected chi connectivity index (χ2v) is 10.5. The Hall–Kier alpha value is -3.10. The number of aliphatic hydroxyl groups is 1. The van der Waals surface area contributed by atoms with Crippen LogP contribution in [0.3, 0.4) is 0 Å². The van der Waals surface area contributed by atoms with Crippen LogP contribution in [0.25, 0.3) is 11.1 Å². The maximum absolute atomic E-state index is 14.1. The highest BCUT2D eigenvalue weighted by Crippen LogP contribution is 2.31. The SMILES string of the molecule is CO[C@H]1C[C@@H](Cc2ccc(C)c(F)c2)N(C[C@@H](O)CO[C@H](C)c2ccccc2-c2ccc(C(=O)O)c(C)c2)C1. The molecule has 0 unspecified atom stereocenters. The summed E-state index contributed by atoms with van der Waals surface area (Å²) in [5, 5.41) is 20.3. The predicted molar refractivity (Wildman–Crippen MR) is 150 cm³/mol. The Balaban J connectivity index is 1.40. The standard InChI is InChI=1S/C32H38FNO5/c1-20-9-10-23(15-31(20)33)14-25-16-27(38-4)18-34(25)17-26(35)19-39-22(3)29-7-5-6-8-30(29)24-11-12-28(32(36)37)21(2)13-24/h5-13,15,22,25-27,35H,14,16-19H2,1-4H3,(H,36,37)/t22-,25-,26-,27+/m1/s1. The van der Waals surface area contributed by atoms with Crippen molar-refractivity contribution in [2.75, 3.05) is 26.8 Å². The van der Waals surface area contributed by atoms with Gasteiger partial charge in [0.05, 0.1) is 30.5 Å². The number of β-amino-alcohol motifs (C(OH)–C–C–N with tert-alkyl or cyclic N) is 1. The Kier molecular flexibility index (Phi) is 9.51. The number of carboxylic acids is 1. The quantitative estimate of drug-likeness (QED) is 0.334. The topological polar surface area (TPSA) is 79.2 Å². The first-order valence-electron chi connectivity index (χ1n) is 13.4. The Labute approximate surface area is 230 Å². The minimum atomic E-state index is -0.943. The van der Waals surface area contributed by atoms with Gasteiger partial charge in [0.25, 0.3) is 0 Å². The molecule has 4 atom stereocenters. The average molecular weight is 536 g/mol. The van der Waals surface area contributed by atoms with Crippen LogP contribution in [0.2, 0.25) is 0 Å². The molecule has 0 saturated carbocycles. The van der Waals surface area contributed by atoms with Crippen LogP contribution < -0.4 is 0 Å². The second-order valence-electron chi connectivity index (χ2n) is 10.5. The third-order valence-electron chi connectivity index (χ3n) is 7.68. The molecule has 3 aromatic carbocycles. The van der Waals surface area contributed by atoms with E-state index in [1.54, 1.807) is 33.1 Å². The molecule has 1 aliphatic rings. The van der Waals surface area contributed by atoms with Gasteiger partial charge in [-0.15, -0.1) is 0 Å². The Morgan fingerprint density at radius 1 is 1.10 bits per heavy atom. The Bertz CT molecular complexity index is 1300. The second kappa shape index (κ2) is 12.8. The van der Waals surface area contributed by atoms with Gasteiger partial charge in [-0.25, -0.2) is 9.18 Å². The summed E-state index contributed by atoms with van der Waals surface area (Å²) in [7, 11) is 1.70. The molecule has 7 heteroatoms. The Morgan fingerprint density at radius 3 is 2.56 bits per heavy atom. The van der Waals surface area contributed by atoms with E-state index in [9.17, 15) is 19.4 Å². The number of nitrogens with zero attached hydrogens (tertiary/aromatic N) is 1. The van der Waals surface area contributed by atoms with E-state index < -0.39 is 12.1 Å². The third kappa shape index (κ3) is 7.11. The van der Waals surface area contributed by atoms with Crippen molar-refractivity contribution in [3.8, 4) is 11.1 Å². The molecule has 0 aromatic heterocycles. The zero-order valence-corrected chi connectivity index (χ0v) is 23.1. The number of aryl methyl sites for hydroxylation is 2. The van der Waals surface area contributed by atoms with Gasteiger partial charge < -0.3 is 19.7 Å². The van der Waals surface area contributed by atoms with Gasteiger partial charge in [-0.3, -0.25) is 4.90 Å². The fourth-order valence-corrected chi connectivity index (χ4v) is 5.43. The zero-order valence-electron chi connectivity index (χ0n) is 23.1. The van der Waals surface area contributed by atoms with Crippen LogP contribution in [-0.4, -0.2) is 66.1 Å². The number of carbonyl (C=O) groups is 1. The molecule has 0 amide bonds. The van der Waals surface area contributed by atoms with E-state index in [4.69, 9.17) is 9.47 Å². The lowest BCUT2D eigenvalue weighted by molar-refractivity contribution is -0.0181. The summed E-state index contributed by atoms with van der Waals surface area (Å²) in [5.74, 6) is -1.14. The molecular weight excluding hydrogens is 497 g/mol. The number of aliphatic hydroxyl groups excluding tert-OH is 1. The van der Waals surface area contributed by atoms with Crippen molar-refractivity contribution in [2.45, 2.75) is 58.0 Å². The van der Waals surface area contributed by atoms with Crippen molar-refractivity contribution in [3.63, 3.8) is 0 Å². The summed E-state index contributed by atoms with van der Waals surface area (Å²) in [6.45, 7) is 6.80. The van der Waals surface area contributed by atoms with Crippen molar-refractivity contribution in [1.82, 2.24) is 4.90 Å². The molecule has 0 radical (unpaired) electrons. The minimum absolute atomic E-state index is 0.0696. The van der Waals surface area contributed by atoms with Crippen LogP contribution in [0.4, 0.5) is 4.39 Å². The van der Waals surface area contributed by atoms with Gasteiger partial charge >= 0.3 is 5.97 Å². The van der Waals surface area contributed by atoms with Crippen molar-refractivity contribution in [1.29, 1.82) is 0 Å². The monoisotopic (exact) mass is 535 g/mol. The number of aromatic carboxylic acids is 1. The number of carboxylic acid groups (broad SMARTS) is 1. The number of ether oxygens (including phenoxy) is 2. The molecule has 1 fully saturated rings. The van der Waals surface area contributed by atoms with E-state index >= 15 is 0 Å². The highest BCUT2D eigenvalue weighted by atomic mass is 19.1. The largest absolute Gasteiger partial charge is 0.478 e. The molecule has 6 nitrogen and oxygen atoms in total. The zero-order chi connectivity index (χ0) is 28.1.